The van der Waals surface area contributed by atoms with Gasteiger partial charge in [-0.2, -0.15) is 0 Å². The second-order valence-electron chi connectivity index (χ2n) is 7.00. The molecule has 1 aliphatic rings. The monoisotopic (exact) mass is 374 g/mol. The van der Waals surface area contributed by atoms with E-state index >= 15 is 0 Å². The van der Waals surface area contributed by atoms with Gasteiger partial charge < -0.3 is 10.6 Å². The van der Waals surface area contributed by atoms with Crippen LogP contribution in [0.4, 0.5) is 0 Å². The van der Waals surface area contributed by atoms with Gasteiger partial charge in [0.25, 0.3) is 0 Å². The third-order valence-corrected chi connectivity index (χ3v) is 4.87. The van der Waals surface area contributed by atoms with E-state index < -0.39 is 0 Å². The molecule has 4 heteroatoms. The first kappa shape index (κ1) is 19.6. The predicted molar refractivity (Wildman–Crippen MR) is 113 cm³/mol. The van der Waals surface area contributed by atoms with Crippen molar-refractivity contribution in [3.8, 4) is 0 Å². The molecule has 2 aromatic carbocycles. The number of nitrogens with one attached hydrogen (secondary N) is 2. The summed E-state index contributed by atoms with van der Waals surface area (Å²) in [7, 11) is 0. The van der Waals surface area contributed by atoms with Crippen LogP contribution in [-0.2, 0) is 9.59 Å². The van der Waals surface area contributed by atoms with Gasteiger partial charge in [-0.05, 0) is 36.1 Å². The summed E-state index contributed by atoms with van der Waals surface area (Å²) in [6.45, 7) is 0. The highest BCUT2D eigenvalue weighted by Crippen LogP contribution is 2.19. The Morgan fingerprint density at radius 1 is 0.679 bits per heavy atom. The molecule has 2 aromatic rings. The molecule has 2 unspecified atom stereocenters. The lowest BCUT2D eigenvalue weighted by atomic mass is 9.90. The van der Waals surface area contributed by atoms with E-state index in [4.69, 9.17) is 0 Å². The highest BCUT2D eigenvalue weighted by molar-refractivity contribution is 5.93. The first-order valence-corrected chi connectivity index (χ1v) is 9.78. The van der Waals surface area contributed by atoms with Crippen molar-refractivity contribution in [2.45, 2.75) is 37.8 Å². The van der Waals surface area contributed by atoms with E-state index in [0.717, 1.165) is 36.8 Å². The fourth-order valence-corrected chi connectivity index (χ4v) is 3.41. The first-order chi connectivity index (χ1) is 13.7. The topological polar surface area (TPSA) is 58.2 Å². The summed E-state index contributed by atoms with van der Waals surface area (Å²) in [6.07, 6.45) is 10.6. The summed E-state index contributed by atoms with van der Waals surface area (Å²) in [4.78, 5) is 24.6. The number of benzene rings is 2. The second kappa shape index (κ2) is 10.3. The number of amides is 2. The largest absolute Gasteiger partial charge is 0.348 e. The molecule has 0 aromatic heterocycles. The summed E-state index contributed by atoms with van der Waals surface area (Å²) in [5, 5.41) is 6.11. The quantitative estimate of drug-likeness (QED) is 0.752. The molecular weight excluding hydrogens is 348 g/mol. The van der Waals surface area contributed by atoms with E-state index in [0.29, 0.717) is 0 Å². The molecule has 4 nitrogen and oxygen atoms in total. The molecule has 0 heterocycles. The van der Waals surface area contributed by atoms with Crippen molar-refractivity contribution in [1.82, 2.24) is 10.6 Å². The Balaban J connectivity index is 1.54. The van der Waals surface area contributed by atoms with Gasteiger partial charge in [-0.1, -0.05) is 73.5 Å². The molecule has 2 atom stereocenters. The molecule has 0 bridgehead atoms. The molecule has 2 N–H and O–H groups in total. The maximum Gasteiger partial charge on any atom is 0.244 e. The molecule has 1 fully saturated rings. The molecule has 0 radical (unpaired) electrons. The number of hydrogen-bond acceptors (Lipinski definition) is 2. The van der Waals surface area contributed by atoms with Crippen molar-refractivity contribution in [2.75, 3.05) is 0 Å². The van der Waals surface area contributed by atoms with Crippen LogP contribution in [0.5, 0.6) is 0 Å². The Hall–Kier alpha value is -3.14. The zero-order valence-corrected chi connectivity index (χ0v) is 15.9. The summed E-state index contributed by atoms with van der Waals surface area (Å²) < 4.78 is 0. The van der Waals surface area contributed by atoms with Crippen molar-refractivity contribution in [3.05, 3.63) is 83.9 Å². The van der Waals surface area contributed by atoms with E-state index in [1.807, 2.05) is 60.7 Å². The van der Waals surface area contributed by atoms with Crippen LogP contribution in [0.2, 0.25) is 0 Å². The van der Waals surface area contributed by atoms with Crippen molar-refractivity contribution >= 4 is 24.0 Å². The smallest absolute Gasteiger partial charge is 0.244 e. The zero-order valence-electron chi connectivity index (χ0n) is 15.9. The Morgan fingerprint density at radius 3 is 1.46 bits per heavy atom. The predicted octanol–water partition coefficient (Wildman–Crippen LogP) is 3.96. The van der Waals surface area contributed by atoms with Gasteiger partial charge in [-0.3, -0.25) is 9.59 Å². The van der Waals surface area contributed by atoms with Gasteiger partial charge in [-0.25, -0.2) is 0 Å². The molecule has 144 valence electrons. The van der Waals surface area contributed by atoms with Crippen molar-refractivity contribution in [3.63, 3.8) is 0 Å². The Bertz CT molecular complexity index is 757. The average Bonchev–Trinajstić information content (AvgIpc) is 2.74. The molecule has 0 spiro atoms. The maximum atomic E-state index is 12.3. The van der Waals surface area contributed by atoms with E-state index in [1.165, 1.54) is 0 Å². The maximum absolute atomic E-state index is 12.3. The van der Waals surface area contributed by atoms with Crippen molar-refractivity contribution in [1.29, 1.82) is 0 Å². The summed E-state index contributed by atoms with van der Waals surface area (Å²) >= 11 is 0. The van der Waals surface area contributed by atoms with Crippen LogP contribution in [-0.4, -0.2) is 23.9 Å². The Morgan fingerprint density at radius 2 is 1.07 bits per heavy atom. The van der Waals surface area contributed by atoms with Gasteiger partial charge in [0.15, 0.2) is 0 Å². The van der Waals surface area contributed by atoms with Gasteiger partial charge in [0, 0.05) is 24.2 Å². The van der Waals surface area contributed by atoms with Gasteiger partial charge in [0.1, 0.15) is 0 Å². The minimum Gasteiger partial charge on any atom is -0.348 e. The number of rotatable bonds is 6. The lowest BCUT2D eigenvalue weighted by Gasteiger charge is -2.32. The van der Waals surface area contributed by atoms with Crippen LogP contribution >= 0.6 is 0 Å². The van der Waals surface area contributed by atoms with Crippen LogP contribution in [0, 0.1) is 0 Å². The SMILES string of the molecule is O=C(C=Cc1ccccc1)NC1CCCCC1NC(=O)C=Cc1ccccc1. The molecule has 3 rings (SSSR count). The van der Waals surface area contributed by atoms with Gasteiger partial charge in [-0.15, -0.1) is 0 Å². The van der Waals surface area contributed by atoms with Gasteiger partial charge >= 0.3 is 0 Å². The van der Waals surface area contributed by atoms with Crippen LogP contribution in [0.15, 0.2) is 72.8 Å². The first-order valence-electron chi connectivity index (χ1n) is 9.78. The van der Waals surface area contributed by atoms with Gasteiger partial charge in [0.05, 0.1) is 0 Å². The normalized spacial score (nSPS) is 19.6. The summed E-state index contributed by atoms with van der Waals surface area (Å²) in [6, 6.07) is 19.4. The molecular formula is C24H26N2O2. The van der Waals surface area contributed by atoms with E-state index in [9.17, 15) is 9.59 Å². The van der Waals surface area contributed by atoms with E-state index in [-0.39, 0.29) is 23.9 Å². The minimum absolute atomic E-state index is 0.0456. The molecule has 28 heavy (non-hydrogen) atoms. The van der Waals surface area contributed by atoms with E-state index in [1.54, 1.807) is 24.3 Å². The third kappa shape index (κ3) is 6.23. The van der Waals surface area contributed by atoms with Crippen molar-refractivity contribution < 1.29 is 9.59 Å². The number of carbonyl (C=O) groups excluding carboxylic acids is 2. The second-order valence-corrected chi connectivity index (χ2v) is 7.00. The van der Waals surface area contributed by atoms with E-state index in [2.05, 4.69) is 10.6 Å². The standard InChI is InChI=1S/C24H26N2O2/c27-23(17-15-19-9-3-1-4-10-19)25-21-13-7-8-14-22(21)26-24(28)18-16-20-11-5-2-6-12-20/h1-6,9-12,15-18,21-22H,7-8,13-14H2,(H,25,27)(H,26,28). The fourth-order valence-electron chi connectivity index (χ4n) is 3.41. The molecule has 2 amide bonds. The fraction of sp³-hybridized carbons (Fsp3) is 0.250. The van der Waals surface area contributed by atoms with Crippen molar-refractivity contribution in [2.24, 2.45) is 0 Å². The van der Waals surface area contributed by atoms with Crippen LogP contribution in [0.3, 0.4) is 0 Å². The highest BCUT2D eigenvalue weighted by Gasteiger charge is 2.26. The Labute approximate surface area is 166 Å². The van der Waals surface area contributed by atoms with Crippen LogP contribution in [0.1, 0.15) is 36.8 Å². The molecule has 0 aliphatic heterocycles. The Kier molecular flexibility index (Phi) is 7.19. The molecule has 1 saturated carbocycles. The number of hydrogen-bond donors (Lipinski definition) is 2. The number of carbonyl (C=O) groups is 2. The highest BCUT2D eigenvalue weighted by atomic mass is 16.2. The lowest BCUT2D eigenvalue weighted by molar-refractivity contribution is -0.120. The minimum atomic E-state index is -0.130. The summed E-state index contributed by atoms with van der Waals surface area (Å²) in [5.41, 5.74) is 1.97. The summed E-state index contributed by atoms with van der Waals surface area (Å²) in [5.74, 6) is -0.260. The zero-order chi connectivity index (χ0) is 19.6. The van der Waals surface area contributed by atoms with Crippen LogP contribution < -0.4 is 10.6 Å². The molecule has 1 aliphatic carbocycles. The van der Waals surface area contributed by atoms with Crippen LogP contribution in [0.25, 0.3) is 12.2 Å². The van der Waals surface area contributed by atoms with Gasteiger partial charge in [0.2, 0.25) is 11.8 Å². The molecule has 0 saturated heterocycles. The average molecular weight is 374 g/mol. The lowest BCUT2D eigenvalue weighted by Crippen LogP contribution is -2.52. The third-order valence-electron chi connectivity index (χ3n) is 4.87.